The molecule has 0 atom stereocenters. The van der Waals surface area contributed by atoms with Crippen LogP contribution in [0.25, 0.3) is 34.1 Å². The van der Waals surface area contributed by atoms with Gasteiger partial charge in [0.1, 0.15) is 4.88 Å². The summed E-state index contributed by atoms with van der Waals surface area (Å²) in [5, 5.41) is 28.2. The summed E-state index contributed by atoms with van der Waals surface area (Å²) in [6, 6.07) is 10.3. The number of aromatic carboxylic acids is 1. The first-order valence-electron chi connectivity index (χ1n) is 9.25. The van der Waals surface area contributed by atoms with Crippen molar-refractivity contribution in [3.63, 3.8) is 0 Å². The van der Waals surface area contributed by atoms with Gasteiger partial charge in [0.25, 0.3) is 0 Å². The molecule has 0 aliphatic heterocycles. The fourth-order valence-electron chi connectivity index (χ4n) is 3.19. The van der Waals surface area contributed by atoms with Crippen molar-refractivity contribution in [3.8, 4) is 29.3 Å². The Hall–Kier alpha value is -3.30. The summed E-state index contributed by atoms with van der Waals surface area (Å²) in [5.74, 6) is -2.97. The Morgan fingerprint density at radius 2 is 1.30 bits per heavy atom. The molecule has 0 fully saturated rings. The summed E-state index contributed by atoms with van der Waals surface area (Å²) in [7, 11) is 0. The molecule has 4 heterocycles. The Kier molecular flexibility index (Phi) is 6.44. The lowest BCUT2D eigenvalue weighted by Gasteiger charge is -2.00. The maximum atomic E-state index is 11.5. The van der Waals surface area contributed by atoms with E-state index < -0.39 is 17.9 Å². The molecule has 33 heavy (non-hydrogen) atoms. The van der Waals surface area contributed by atoms with Crippen molar-refractivity contribution < 1.29 is 29.7 Å². The molecule has 4 aromatic heterocycles. The molecule has 0 aliphatic rings. The van der Waals surface area contributed by atoms with E-state index >= 15 is 0 Å². The van der Waals surface area contributed by atoms with Gasteiger partial charge in [0.05, 0.1) is 19.4 Å². The van der Waals surface area contributed by atoms with E-state index in [1.165, 1.54) is 40.1 Å². The molecular weight excluding hydrogens is 503 g/mol. The van der Waals surface area contributed by atoms with E-state index in [2.05, 4.69) is 4.85 Å². The second-order valence-corrected chi connectivity index (χ2v) is 11.0. The van der Waals surface area contributed by atoms with E-state index in [1.807, 2.05) is 12.1 Å². The Labute approximate surface area is 203 Å². The maximum absolute atomic E-state index is 11.5. The van der Waals surface area contributed by atoms with Crippen molar-refractivity contribution in [2.45, 2.75) is 12.8 Å². The van der Waals surface area contributed by atoms with E-state index in [-0.39, 0.29) is 17.7 Å². The highest BCUT2D eigenvalue weighted by molar-refractivity contribution is 7.29. The molecule has 4 rings (SSSR count). The number of nitrogens with zero attached hydrogens (tertiary/aromatic N) is 1. The SMILES string of the molecule is [C-]#[N+]c1cc(CC(=O)O)c(-c2ccc(-c3sc(-c4ccc(C(=O)O)s4)cc3CC(=O)O)s2)s1. The van der Waals surface area contributed by atoms with Crippen molar-refractivity contribution in [1.82, 2.24) is 0 Å². The zero-order valence-corrected chi connectivity index (χ0v) is 19.8. The molecule has 4 aromatic rings. The lowest BCUT2D eigenvalue weighted by molar-refractivity contribution is -0.137. The van der Waals surface area contributed by atoms with Crippen LogP contribution in [-0.4, -0.2) is 33.2 Å². The largest absolute Gasteiger partial charge is 0.481 e. The van der Waals surface area contributed by atoms with Crippen LogP contribution in [0.1, 0.15) is 20.8 Å². The molecule has 0 aromatic carbocycles. The van der Waals surface area contributed by atoms with Crippen LogP contribution in [0.4, 0.5) is 5.00 Å². The highest BCUT2D eigenvalue weighted by Gasteiger charge is 2.20. The van der Waals surface area contributed by atoms with Gasteiger partial charge in [-0.3, -0.25) is 9.59 Å². The molecule has 11 heteroatoms. The van der Waals surface area contributed by atoms with Crippen LogP contribution in [0, 0.1) is 6.57 Å². The van der Waals surface area contributed by atoms with Gasteiger partial charge >= 0.3 is 17.9 Å². The average molecular weight is 516 g/mol. The molecule has 0 saturated heterocycles. The number of aliphatic carboxylic acids is 2. The first-order valence-corrected chi connectivity index (χ1v) is 12.5. The van der Waals surface area contributed by atoms with Crippen molar-refractivity contribution in [2.75, 3.05) is 0 Å². The summed E-state index contributed by atoms with van der Waals surface area (Å²) in [6.45, 7) is 7.25. The molecule has 0 spiro atoms. The summed E-state index contributed by atoms with van der Waals surface area (Å²) < 4.78 is 0. The minimum atomic E-state index is -1.01. The second kappa shape index (κ2) is 9.29. The zero-order valence-electron chi connectivity index (χ0n) is 16.5. The van der Waals surface area contributed by atoms with Crippen LogP contribution >= 0.6 is 45.3 Å². The lowest BCUT2D eigenvalue weighted by Crippen LogP contribution is -1.99. The summed E-state index contributed by atoms with van der Waals surface area (Å²) >= 11 is 5.16. The predicted molar refractivity (Wildman–Crippen MR) is 130 cm³/mol. The Morgan fingerprint density at radius 3 is 1.85 bits per heavy atom. The Balaban J connectivity index is 1.76. The monoisotopic (exact) mass is 515 g/mol. The molecule has 0 unspecified atom stereocenters. The van der Waals surface area contributed by atoms with Gasteiger partial charge in [-0.1, -0.05) is 0 Å². The van der Waals surface area contributed by atoms with Crippen LogP contribution < -0.4 is 0 Å². The quantitative estimate of drug-likeness (QED) is 0.233. The van der Waals surface area contributed by atoms with Gasteiger partial charge in [0.2, 0.25) is 5.00 Å². The number of carbonyl (C=O) groups is 3. The van der Waals surface area contributed by atoms with Gasteiger partial charge in [0.15, 0.2) is 0 Å². The lowest BCUT2D eigenvalue weighted by atomic mass is 10.1. The smallest absolute Gasteiger partial charge is 0.345 e. The minimum absolute atomic E-state index is 0.179. The standard InChI is InChI=1S/C22H13NO6S4/c1-23-17-7-11(9-19(26)27)21(33-17)14-4-3-13(31-14)20-10(8-18(24)25)6-16(32-20)12-2-5-15(30-12)22(28)29/h2-7H,8-9H2,(H,24,25)(H,26,27)(H,28,29). The first kappa shape index (κ1) is 22.9. The maximum Gasteiger partial charge on any atom is 0.345 e. The van der Waals surface area contributed by atoms with Crippen LogP contribution in [-0.2, 0) is 22.4 Å². The number of carboxylic acids is 3. The third-order valence-corrected chi connectivity index (χ3v) is 9.47. The third-order valence-electron chi connectivity index (χ3n) is 4.51. The van der Waals surface area contributed by atoms with E-state index in [9.17, 15) is 29.7 Å². The molecular formula is C22H13NO6S4. The molecule has 0 amide bonds. The Bertz CT molecular complexity index is 1430. The second-order valence-electron chi connectivity index (χ2n) is 6.79. The molecule has 7 nitrogen and oxygen atoms in total. The average Bonchev–Trinajstić information content (AvgIpc) is 3.52. The third kappa shape index (κ3) is 4.89. The first-order chi connectivity index (χ1) is 15.7. The van der Waals surface area contributed by atoms with Crippen molar-refractivity contribution >= 4 is 68.3 Å². The van der Waals surface area contributed by atoms with Gasteiger partial charge < -0.3 is 15.3 Å². The molecule has 0 bridgehead atoms. The highest BCUT2D eigenvalue weighted by atomic mass is 32.1. The molecule has 0 saturated carbocycles. The number of carboxylic acid groups (broad SMARTS) is 3. The highest BCUT2D eigenvalue weighted by Crippen LogP contribution is 2.47. The van der Waals surface area contributed by atoms with Gasteiger partial charge in [-0.25, -0.2) is 9.64 Å². The van der Waals surface area contributed by atoms with Crippen LogP contribution in [0.3, 0.4) is 0 Å². The molecule has 0 radical (unpaired) electrons. The van der Waals surface area contributed by atoms with Crippen LogP contribution in [0.15, 0.2) is 36.4 Å². The minimum Gasteiger partial charge on any atom is -0.481 e. The number of hydrogen-bond donors (Lipinski definition) is 3. The Morgan fingerprint density at radius 1 is 0.727 bits per heavy atom. The zero-order chi connectivity index (χ0) is 23.7. The number of hydrogen-bond acceptors (Lipinski definition) is 7. The van der Waals surface area contributed by atoms with E-state index in [0.717, 1.165) is 40.6 Å². The molecule has 0 aliphatic carbocycles. The van der Waals surface area contributed by atoms with Crippen molar-refractivity contribution in [2.24, 2.45) is 0 Å². The number of thiophene rings is 4. The normalized spacial score (nSPS) is 10.8. The van der Waals surface area contributed by atoms with E-state index in [4.69, 9.17) is 6.57 Å². The van der Waals surface area contributed by atoms with E-state index in [0.29, 0.717) is 16.1 Å². The van der Waals surface area contributed by atoms with Gasteiger partial charge in [0, 0.05) is 29.3 Å². The van der Waals surface area contributed by atoms with Crippen LogP contribution in [0.5, 0.6) is 0 Å². The van der Waals surface area contributed by atoms with E-state index in [1.54, 1.807) is 18.2 Å². The fraction of sp³-hybridized carbons (Fsp3) is 0.0909. The number of rotatable bonds is 8. The topological polar surface area (TPSA) is 116 Å². The van der Waals surface area contributed by atoms with Gasteiger partial charge in [-0.05, 0) is 47.5 Å². The fourth-order valence-corrected chi connectivity index (χ4v) is 7.56. The van der Waals surface area contributed by atoms with Crippen molar-refractivity contribution in [1.29, 1.82) is 0 Å². The van der Waals surface area contributed by atoms with Crippen LogP contribution in [0.2, 0.25) is 0 Å². The predicted octanol–water partition coefficient (Wildman–Crippen LogP) is 6.44. The summed E-state index contributed by atoms with van der Waals surface area (Å²) in [6.07, 6.45) is -0.367. The summed E-state index contributed by atoms with van der Waals surface area (Å²) in [5.41, 5.74) is 1.20. The van der Waals surface area contributed by atoms with Crippen molar-refractivity contribution in [3.05, 3.63) is 63.8 Å². The molecule has 3 N–H and O–H groups in total. The van der Waals surface area contributed by atoms with Gasteiger partial charge in [-0.15, -0.1) is 34.0 Å². The van der Waals surface area contributed by atoms with Gasteiger partial charge in [-0.2, -0.15) is 11.3 Å². The summed E-state index contributed by atoms with van der Waals surface area (Å²) in [4.78, 5) is 42.2. The molecule has 166 valence electrons.